The number of aromatic nitrogens is 2. The van der Waals surface area contributed by atoms with Gasteiger partial charge < -0.3 is 4.90 Å². The fraction of sp³-hybridized carbons (Fsp3) is 0.412. The summed E-state index contributed by atoms with van der Waals surface area (Å²) in [7, 11) is 2.14. The third-order valence-corrected chi connectivity index (χ3v) is 4.10. The minimum atomic E-state index is -0.183. The highest BCUT2D eigenvalue weighted by Gasteiger charge is 2.20. The number of benzene rings is 1. The molecule has 21 heavy (non-hydrogen) atoms. The highest BCUT2D eigenvalue weighted by molar-refractivity contribution is 5.22. The number of halogens is 1. The van der Waals surface area contributed by atoms with Gasteiger partial charge in [-0.05, 0) is 38.1 Å². The van der Waals surface area contributed by atoms with Crippen molar-refractivity contribution in [1.82, 2.24) is 14.9 Å². The van der Waals surface area contributed by atoms with Crippen LogP contribution in [0, 0.1) is 5.82 Å². The Bertz CT molecular complexity index is 597. The Labute approximate surface area is 124 Å². The van der Waals surface area contributed by atoms with Crippen molar-refractivity contribution < 1.29 is 4.39 Å². The molecule has 1 atom stereocenters. The standard InChI is InChI=1S/C17H20FN3/c1-21-8-4-6-14(12-21)17-11-19-15(10-20-17)9-13-5-2-3-7-16(13)18/h2-3,5,7,10-11,14H,4,6,8-9,12H2,1H3. The SMILES string of the molecule is CN1CCCC(c2cnc(Cc3ccccc3F)cn2)C1. The van der Waals surface area contributed by atoms with Crippen molar-refractivity contribution in [1.29, 1.82) is 0 Å². The summed E-state index contributed by atoms with van der Waals surface area (Å²) >= 11 is 0. The normalized spacial score (nSPS) is 19.6. The van der Waals surface area contributed by atoms with Crippen LogP contribution in [0.25, 0.3) is 0 Å². The van der Waals surface area contributed by atoms with Crippen molar-refractivity contribution >= 4 is 0 Å². The molecule has 0 bridgehead atoms. The zero-order valence-electron chi connectivity index (χ0n) is 12.3. The van der Waals surface area contributed by atoms with Gasteiger partial charge in [-0.15, -0.1) is 0 Å². The summed E-state index contributed by atoms with van der Waals surface area (Å²) in [5.41, 5.74) is 2.53. The molecular weight excluding hydrogens is 265 g/mol. The van der Waals surface area contributed by atoms with Crippen LogP contribution in [-0.4, -0.2) is 35.0 Å². The van der Waals surface area contributed by atoms with Gasteiger partial charge in [-0.2, -0.15) is 0 Å². The summed E-state index contributed by atoms with van der Waals surface area (Å²) in [6.45, 7) is 2.20. The second kappa shape index (κ2) is 6.31. The van der Waals surface area contributed by atoms with Gasteiger partial charge in [0.25, 0.3) is 0 Å². The molecule has 1 aliphatic heterocycles. The van der Waals surface area contributed by atoms with Crippen LogP contribution in [0.4, 0.5) is 4.39 Å². The Morgan fingerprint density at radius 2 is 2.10 bits per heavy atom. The zero-order chi connectivity index (χ0) is 14.7. The van der Waals surface area contributed by atoms with Crippen molar-refractivity contribution in [3.8, 4) is 0 Å². The van der Waals surface area contributed by atoms with Crippen LogP contribution >= 0.6 is 0 Å². The first kappa shape index (κ1) is 14.1. The summed E-state index contributed by atoms with van der Waals surface area (Å²) in [6.07, 6.45) is 6.52. The molecule has 3 rings (SSSR count). The number of likely N-dealkylation sites (N-methyl/N-ethyl adjacent to an activating group) is 1. The van der Waals surface area contributed by atoms with Crippen LogP contribution in [0.5, 0.6) is 0 Å². The number of nitrogens with zero attached hydrogens (tertiary/aromatic N) is 3. The van der Waals surface area contributed by atoms with Gasteiger partial charge in [0.05, 0.1) is 11.4 Å². The minimum absolute atomic E-state index is 0.183. The van der Waals surface area contributed by atoms with E-state index in [1.54, 1.807) is 18.3 Å². The maximum Gasteiger partial charge on any atom is 0.126 e. The summed E-state index contributed by atoms with van der Waals surface area (Å²) in [4.78, 5) is 11.4. The van der Waals surface area contributed by atoms with E-state index in [4.69, 9.17) is 0 Å². The molecule has 0 aliphatic carbocycles. The van der Waals surface area contributed by atoms with Crippen molar-refractivity contribution in [3.63, 3.8) is 0 Å². The lowest BCUT2D eigenvalue weighted by atomic mass is 9.95. The van der Waals surface area contributed by atoms with E-state index in [1.807, 2.05) is 12.3 Å². The van der Waals surface area contributed by atoms with Gasteiger partial charge in [0.1, 0.15) is 5.82 Å². The second-order valence-corrected chi connectivity index (χ2v) is 5.80. The Morgan fingerprint density at radius 3 is 2.81 bits per heavy atom. The average Bonchev–Trinajstić information content (AvgIpc) is 2.50. The summed E-state index contributed by atoms with van der Waals surface area (Å²) < 4.78 is 13.6. The fourth-order valence-corrected chi connectivity index (χ4v) is 2.91. The molecule has 3 nitrogen and oxygen atoms in total. The molecule has 4 heteroatoms. The first-order chi connectivity index (χ1) is 10.2. The summed E-state index contributed by atoms with van der Waals surface area (Å²) in [6, 6.07) is 6.82. The van der Waals surface area contributed by atoms with E-state index in [1.165, 1.54) is 18.9 Å². The molecule has 1 aromatic heterocycles. The summed E-state index contributed by atoms with van der Waals surface area (Å²) in [5, 5.41) is 0. The largest absolute Gasteiger partial charge is 0.306 e. The molecule has 1 saturated heterocycles. The van der Waals surface area contributed by atoms with E-state index in [0.29, 0.717) is 17.9 Å². The zero-order valence-corrected chi connectivity index (χ0v) is 12.3. The lowest BCUT2D eigenvalue weighted by Gasteiger charge is -2.29. The number of likely N-dealkylation sites (tertiary alicyclic amines) is 1. The number of hydrogen-bond donors (Lipinski definition) is 0. The van der Waals surface area contributed by atoms with Gasteiger partial charge in [0.2, 0.25) is 0 Å². The highest BCUT2D eigenvalue weighted by Crippen LogP contribution is 2.24. The van der Waals surface area contributed by atoms with Gasteiger partial charge >= 0.3 is 0 Å². The molecule has 1 fully saturated rings. The van der Waals surface area contributed by atoms with Gasteiger partial charge in [-0.25, -0.2) is 4.39 Å². The van der Waals surface area contributed by atoms with Crippen LogP contribution in [-0.2, 0) is 6.42 Å². The molecule has 2 heterocycles. The molecule has 0 radical (unpaired) electrons. The topological polar surface area (TPSA) is 29.0 Å². The summed E-state index contributed by atoms with van der Waals surface area (Å²) in [5.74, 6) is 0.288. The van der Waals surface area contributed by atoms with Gasteiger partial charge in [0, 0.05) is 31.3 Å². The van der Waals surface area contributed by atoms with E-state index in [-0.39, 0.29) is 5.82 Å². The smallest absolute Gasteiger partial charge is 0.126 e. The Balaban J connectivity index is 1.71. The molecule has 0 N–H and O–H groups in total. The first-order valence-corrected chi connectivity index (χ1v) is 7.45. The fourth-order valence-electron chi connectivity index (χ4n) is 2.91. The highest BCUT2D eigenvalue weighted by atomic mass is 19.1. The third-order valence-electron chi connectivity index (χ3n) is 4.10. The van der Waals surface area contributed by atoms with Crippen LogP contribution in [0.3, 0.4) is 0 Å². The van der Waals surface area contributed by atoms with Gasteiger partial charge in [-0.1, -0.05) is 18.2 Å². The molecule has 0 amide bonds. The Morgan fingerprint density at radius 1 is 1.24 bits per heavy atom. The molecule has 1 unspecified atom stereocenters. The number of rotatable bonds is 3. The average molecular weight is 285 g/mol. The Kier molecular flexibility index (Phi) is 4.25. The van der Waals surface area contributed by atoms with Crippen LogP contribution in [0.15, 0.2) is 36.7 Å². The third kappa shape index (κ3) is 3.45. The lowest BCUT2D eigenvalue weighted by Crippen LogP contribution is -2.31. The van der Waals surface area contributed by atoms with E-state index < -0.39 is 0 Å². The van der Waals surface area contributed by atoms with Crippen molar-refractivity contribution in [2.45, 2.75) is 25.2 Å². The minimum Gasteiger partial charge on any atom is -0.306 e. The predicted molar refractivity (Wildman–Crippen MR) is 80.7 cm³/mol. The van der Waals surface area contributed by atoms with Gasteiger partial charge in [0.15, 0.2) is 0 Å². The van der Waals surface area contributed by atoms with E-state index in [0.717, 1.165) is 24.5 Å². The molecule has 0 saturated carbocycles. The van der Waals surface area contributed by atoms with Crippen molar-refractivity contribution in [2.75, 3.05) is 20.1 Å². The van der Waals surface area contributed by atoms with E-state index in [9.17, 15) is 4.39 Å². The monoisotopic (exact) mass is 285 g/mol. The number of piperidine rings is 1. The maximum atomic E-state index is 13.6. The molecule has 1 aliphatic rings. The first-order valence-electron chi connectivity index (χ1n) is 7.45. The number of hydrogen-bond acceptors (Lipinski definition) is 3. The predicted octanol–water partition coefficient (Wildman–Crippen LogP) is 3.02. The molecule has 110 valence electrons. The Hall–Kier alpha value is -1.81. The maximum absolute atomic E-state index is 13.6. The second-order valence-electron chi connectivity index (χ2n) is 5.80. The van der Waals surface area contributed by atoms with E-state index >= 15 is 0 Å². The molecule has 2 aromatic rings. The molecule has 0 spiro atoms. The molecule has 1 aromatic carbocycles. The van der Waals surface area contributed by atoms with E-state index in [2.05, 4.69) is 21.9 Å². The lowest BCUT2D eigenvalue weighted by molar-refractivity contribution is 0.248. The van der Waals surface area contributed by atoms with Crippen LogP contribution in [0.2, 0.25) is 0 Å². The van der Waals surface area contributed by atoms with Crippen LogP contribution < -0.4 is 0 Å². The van der Waals surface area contributed by atoms with Crippen molar-refractivity contribution in [2.24, 2.45) is 0 Å². The quantitative estimate of drug-likeness (QED) is 0.868. The molecular formula is C17H20FN3. The van der Waals surface area contributed by atoms with Crippen LogP contribution in [0.1, 0.15) is 35.7 Å². The van der Waals surface area contributed by atoms with Gasteiger partial charge in [-0.3, -0.25) is 9.97 Å². The van der Waals surface area contributed by atoms with Crippen molar-refractivity contribution in [3.05, 3.63) is 59.4 Å².